The van der Waals surface area contributed by atoms with Gasteiger partial charge in [0, 0.05) is 29.1 Å². The number of benzene rings is 2. The van der Waals surface area contributed by atoms with Crippen molar-refractivity contribution in [3.05, 3.63) is 89.0 Å². The minimum absolute atomic E-state index is 0.310. The van der Waals surface area contributed by atoms with Crippen molar-refractivity contribution >= 4 is 16.8 Å². The van der Waals surface area contributed by atoms with Gasteiger partial charge in [-0.25, -0.2) is 4.39 Å². The summed E-state index contributed by atoms with van der Waals surface area (Å²) in [7, 11) is 0. The summed E-state index contributed by atoms with van der Waals surface area (Å²) in [6, 6.07) is 16.5. The Morgan fingerprint density at radius 1 is 1.12 bits per heavy atom. The van der Waals surface area contributed by atoms with E-state index in [1.165, 1.54) is 12.1 Å². The molecule has 2 aromatic carbocycles. The normalized spacial score (nSPS) is 14.7. The maximum atomic E-state index is 13.8. The Kier molecular flexibility index (Phi) is 4.17. The van der Waals surface area contributed by atoms with E-state index in [1.807, 2.05) is 36.4 Å². The molecule has 0 saturated heterocycles. The van der Waals surface area contributed by atoms with Crippen LogP contribution in [-0.2, 0) is 6.61 Å². The number of anilines is 1. The molecule has 0 amide bonds. The smallest absolute Gasteiger partial charge is 0.131 e. The Morgan fingerprint density at radius 2 is 2.00 bits per heavy atom. The Bertz CT molecular complexity index is 1010. The monoisotopic (exact) mass is 346 g/mol. The van der Waals surface area contributed by atoms with Crippen molar-refractivity contribution in [2.75, 3.05) is 5.73 Å². The van der Waals surface area contributed by atoms with Crippen molar-refractivity contribution in [1.29, 1.82) is 0 Å². The lowest BCUT2D eigenvalue weighted by atomic mass is 9.87. The molecule has 2 heterocycles. The number of ether oxygens (including phenoxy) is 1. The van der Waals surface area contributed by atoms with Gasteiger partial charge >= 0.3 is 0 Å². The van der Waals surface area contributed by atoms with Crippen molar-refractivity contribution in [3.8, 4) is 5.75 Å². The van der Waals surface area contributed by atoms with Gasteiger partial charge in [-0.1, -0.05) is 25.1 Å². The predicted molar refractivity (Wildman–Crippen MR) is 102 cm³/mol. The predicted octanol–water partition coefficient (Wildman–Crippen LogP) is 5.06. The lowest BCUT2D eigenvalue weighted by molar-refractivity contribution is 0.301. The number of pyridine rings is 1. The fourth-order valence-electron chi connectivity index (χ4n) is 3.47. The van der Waals surface area contributed by atoms with Crippen molar-refractivity contribution in [3.63, 3.8) is 0 Å². The molecule has 0 radical (unpaired) electrons. The van der Waals surface area contributed by atoms with E-state index in [0.29, 0.717) is 18.0 Å². The lowest BCUT2D eigenvalue weighted by Gasteiger charge is -2.17. The zero-order valence-electron chi connectivity index (χ0n) is 14.5. The fourth-order valence-corrected chi connectivity index (χ4v) is 3.47. The first-order chi connectivity index (χ1) is 12.7. The summed E-state index contributed by atoms with van der Waals surface area (Å²) >= 11 is 0. The van der Waals surface area contributed by atoms with E-state index in [9.17, 15) is 4.39 Å². The quantitative estimate of drug-likeness (QED) is 0.660. The Labute approximate surface area is 152 Å². The van der Waals surface area contributed by atoms with E-state index in [4.69, 9.17) is 10.5 Å². The minimum Gasteiger partial charge on any atom is -0.487 e. The second-order valence-corrected chi connectivity index (χ2v) is 6.26. The number of hydrogen-bond donors (Lipinski definition) is 1. The highest BCUT2D eigenvalue weighted by Gasteiger charge is 2.23. The van der Waals surface area contributed by atoms with Crippen molar-refractivity contribution in [1.82, 2.24) is 4.98 Å². The van der Waals surface area contributed by atoms with Gasteiger partial charge in [-0.05, 0) is 53.5 Å². The van der Waals surface area contributed by atoms with Gasteiger partial charge in [0.15, 0.2) is 0 Å². The summed E-state index contributed by atoms with van der Waals surface area (Å²) in [5, 5.41) is 0. The first-order valence-corrected chi connectivity index (χ1v) is 8.63. The van der Waals surface area contributed by atoms with Crippen molar-refractivity contribution in [2.24, 2.45) is 0 Å². The summed E-state index contributed by atoms with van der Waals surface area (Å²) in [5.41, 5.74) is 12.7. The van der Waals surface area contributed by atoms with E-state index < -0.39 is 0 Å². The van der Waals surface area contributed by atoms with Crippen LogP contribution in [0.2, 0.25) is 0 Å². The van der Waals surface area contributed by atoms with E-state index >= 15 is 0 Å². The van der Waals surface area contributed by atoms with E-state index in [-0.39, 0.29) is 5.82 Å². The topological polar surface area (TPSA) is 48.1 Å². The number of allylic oxidation sites excluding steroid dienone is 1. The van der Waals surface area contributed by atoms with E-state index in [2.05, 4.69) is 11.9 Å². The molecule has 0 bridgehead atoms. The molecule has 0 aliphatic carbocycles. The fraction of sp³-hybridized carbons (Fsp3) is 0.136. The first-order valence-electron chi connectivity index (χ1n) is 8.63. The lowest BCUT2D eigenvalue weighted by Crippen LogP contribution is -1.99. The largest absolute Gasteiger partial charge is 0.487 e. The highest BCUT2D eigenvalue weighted by Crippen LogP contribution is 2.42. The van der Waals surface area contributed by atoms with Crippen LogP contribution in [0.3, 0.4) is 0 Å². The highest BCUT2D eigenvalue weighted by atomic mass is 19.1. The number of aromatic nitrogens is 1. The van der Waals surface area contributed by atoms with E-state index in [1.54, 1.807) is 12.3 Å². The van der Waals surface area contributed by atoms with Crippen LogP contribution >= 0.6 is 0 Å². The number of halogens is 1. The second kappa shape index (κ2) is 6.64. The molecule has 1 aliphatic heterocycles. The van der Waals surface area contributed by atoms with Gasteiger partial charge in [0.1, 0.15) is 18.2 Å². The van der Waals surface area contributed by atoms with Crippen LogP contribution in [-0.4, -0.2) is 4.98 Å². The molecule has 0 atom stereocenters. The Balaban J connectivity index is 2.07. The Morgan fingerprint density at radius 3 is 2.81 bits per heavy atom. The summed E-state index contributed by atoms with van der Waals surface area (Å²) in [6.45, 7) is 2.42. The molecule has 1 aliphatic rings. The standard InChI is InChI=1S/C22H19FN2O/c1-2-17(14-5-3-6-16(24)11-14)22-18-7-4-10-25-20(18)13-26-21-12-15(23)8-9-19(21)22/h3-12H,2,13,24H2,1H3/b22-17+. The van der Waals surface area contributed by atoms with Gasteiger partial charge < -0.3 is 10.5 Å². The summed E-state index contributed by atoms with van der Waals surface area (Å²) in [5.74, 6) is 0.219. The molecule has 4 heteroatoms. The van der Waals surface area contributed by atoms with Crippen LogP contribution in [0.4, 0.5) is 10.1 Å². The van der Waals surface area contributed by atoms with Crippen LogP contribution < -0.4 is 10.5 Å². The molecule has 3 nitrogen and oxygen atoms in total. The molecule has 3 aromatic rings. The van der Waals surface area contributed by atoms with Gasteiger partial charge in [-0.2, -0.15) is 0 Å². The van der Waals surface area contributed by atoms with Crippen LogP contribution in [0.15, 0.2) is 60.8 Å². The number of nitrogen functional groups attached to an aromatic ring is 1. The maximum Gasteiger partial charge on any atom is 0.131 e. The molecule has 1 aromatic heterocycles. The van der Waals surface area contributed by atoms with Crippen LogP contribution in [0.25, 0.3) is 11.1 Å². The van der Waals surface area contributed by atoms with Crippen LogP contribution in [0.5, 0.6) is 5.75 Å². The highest BCUT2D eigenvalue weighted by molar-refractivity contribution is 6.01. The molecule has 0 fully saturated rings. The number of nitrogens with zero attached hydrogens (tertiary/aromatic N) is 1. The molecular formula is C22H19FN2O. The SMILES string of the molecule is CC/C(=C1\c2ccc(F)cc2OCc2ncccc21)c1cccc(N)c1. The maximum absolute atomic E-state index is 13.8. The molecule has 4 rings (SSSR count). The second-order valence-electron chi connectivity index (χ2n) is 6.26. The third-order valence-electron chi connectivity index (χ3n) is 4.63. The van der Waals surface area contributed by atoms with E-state index in [0.717, 1.165) is 40.0 Å². The minimum atomic E-state index is -0.316. The molecule has 0 spiro atoms. The third kappa shape index (κ3) is 2.84. The molecule has 0 unspecified atom stereocenters. The van der Waals surface area contributed by atoms with Gasteiger partial charge in [0.2, 0.25) is 0 Å². The molecule has 26 heavy (non-hydrogen) atoms. The zero-order valence-corrected chi connectivity index (χ0v) is 14.5. The van der Waals surface area contributed by atoms with Crippen LogP contribution in [0.1, 0.15) is 35.7 Å². The zero-order chi connectivity index (χ0) is 18.1. The molecule has 0 saturated carbocycles. The third-order valence-corrected chi connectivity index (χ3v) is 4.63. The molecule has 130 valence electrons. The van der Waals surface area contributed by atoms with Crippen LogP contribution in [0, 0.1) is 5.82 Å². The number of nitrogens with two attached hydrogens (primary N) is 1. The molecule has 2 N–H and O–H groups in total. The van der Waals surface area contributed by atoms with Crippen molar-refractivity contribution in [2.45, 2.75) is 20.0 Å². The average Bonchev–Trinajstić information content (AvgIpc) is 2.80. The number of fused-ring (bicyclic) bond motifs is 2. The molecular weight excluding hydrogens is 327 g/mol. The van der Waals surface area contributed by atoms with Gasteiger partial charge in [0.25, 0.3) is 0 Å². The average molecular weight is 346 g/mol. The summed E-state index contributed by atoms with van der Waals surface area (Å²) in [4.78, 5) is 4.49. The number of rotatable bonds is 2. The summed E-state index contributed by atoms with van der Waals surface area (Å²) < 4.78 is 19.7. The summed E-state index contributed by atoms with van der Waals surface area (Å²) in [6.07, 6.45) is 2.55. The van der Waals surface area contributed by atoms with Gasteiger partial charge in [0.05, 0.1) is 5.69 Å². The van der Waals surface area contributed by atoms with Crippen molar-refractivity contribution < 1.29 is 9.13 Å². The number of hydrogen-bond acceptors (Lipinski definition) is 3. The Hall–Kier alpha value is -3.14. The first kappa shape index (κ1) is 16.3. The van der Waals surface area contributed by atoms with Gasteiger partial charge in [-0.3, -0.25) is 4.98 Å². The van der Waals surface area contributed by atoms with Gasteiger partial charge in [-0.15, -0.1) is 0 Å².